The minimum Gasteiger partial charge on any atom is -0.481 e. The lowest BCUT2D eigenvalue weighted by Crippen LogP contribution is -2.40. The van der Waals surface area contributed by atoms with Gasteiger partial charge in [-0.3, -0.25) is 14.4 Å². The number of hydrogen-bond acceptors (Lipinski definition) is 4. The molecule has 0 bridgehead atoms. The number of carboxylic acids is 1. The first-order valence-corrected chi connectivity index (χ1v) is 7.91. The van der Waals surface area contributed by atoms with E-state index in [1.54, 1.807) is 6.07 Å². The van der Waals surface area contributed by atoms with Gasteiger partial charge in [-0.05, 0) is 37.3 Å². The molecule has 0 radical (unpaired) electrons. The Bertz CT molecular complexity index is 682. The van der Waals surface area contributed by atoms with Crippen molar-refractivity contribution >= 4 is 11.9 Å². The van der Waals surface area contributed by atoms with Crippen LogP contribution in [0.5, 0.6) is 0 Å². The van der Waals surface area contributed by atoms with Crippen molar-refractivity contribution in [3.8, 4) is 0 Å². The van der Waals surface area contributed by atoms with E-state index in [1.165, 1.54) is 4.90 Å². The summed E-state index contributed by atoms with van der Waals surface area (Å²) in [5.41, 5.74) is 1.63. The fraction of sp³-hybridized carbons (Fsp3) is 0.562. The van der Waals surface area contributed by atoms with Crippen LogP contribution in [-0.4, -0.2) is 53.2 Å². The number of pyridine rings is 1. The van der Waals surface area contributed by atoms with Crippen molar-refractivity contribution in [2.24, 2.45) is 5.92 Å². The molecule has 1 aromatic heterocycles. The standard InChI is InChI=1S/C16H20N2O5/c19-14-12(7-10-3-1-2-4-13(10)17-14)15(20)18-5-6-23-9-11(8-18)16(21)22/h7,11H,1-6,8-9H2,(H,17,19)(H,21,22). The number of hydrogen-bond donors (Lipinski definition) is 2. The lowest BCUT2D eigenvalue weighted by molar-refractivity contribution is -0.143. The average molecular weight is 320 g/mol. The van der Waals surface area contributed by atoms with Gasteiger partial charge in [-0.25, -0.2) is 0 Å². The van der Waals surface area contributed by atoms with Gasteiger partial charge in [-0.1, -0.05) is 0 Å². The number of carbonyl (C=O) groups is 2. The summed E-state index contributed by atoms with van der Waals surface area (Å²) in [6.07, 6.45) is 3.77. The fourth-order valence-electron chi connectivity index (χ4n) is 3.15. The van der Waals surface area contributed by atoms with Gasteiger partial charge in [-0.15, -0.1) is 0 Å². The number of amides is 1. The Balaban J connectivity index is 1.87. The molecule has 2 aliphatic rings. The van der Waals surface area contributed by atoms with Gasteiger partial charge in [0.2, 0.25) is 0 Å². The van der Waals surface area contributed by atoms with Crippen LogP contribution in [0.25, 0.3) is 0 Å². The fourth-order valence-corrected chi connectivity index (χ4v) is 3.15. The van der Waals surface area contributed by atoms with E-state index in [9.17, 15) is 14.4 Å². The molecule has 7 heteroatoms. The number of aliphatic carboxylic acids is 1. The highest BCUT2D eigenvalue weighted by molar-refractivity contribution is 5.94. The monoisotopic (exact) mass is 320 g/mol. The number of nitrogens with one attached hydrogen (secondary N) is 1. The van der Waals surface area contributed by atoms with E-state index >= 15 is 0 Å². The number of carbonyl (C=O) groups excluding carboxylic acids is 1. The Hall–Kier alpha value is -2.15. The third-order valence-electron chi connectivity index (χ3n) is 4.47. The molecular formula is C16H20N2O5. The smallest absolute Gasteiger partial charge is 0.310 e. The number of aromatic amines is 1. The summed E-state index contributed by atoms with van der Waals surface area (Å²) in [4.78, 5) is 40.3. The van der Waals surface area contributed by atoms with Crippen LogP contribution in [0.15, 0.2) is 10.9 Å². The van der Waals surface area contributed by atoms with Gasteiger partial charge in [0.1, 0.15) is 5.56 Å². The lowest BCUT2D eigenvalue weighted by Gasteiger charge is -2.22. The van der Waals surface area contributed by atoms with Gasteiger partial charge in [0, 0.05) is 18.8 Å². The molecular weight excluding hydrogens is 300 g/mol. The predicted molar refractivity (Wildman–Crippen MR) is 81.6 cm³/mol. The van der Waals surface area contributed by atoms with Crippen LogP contribution in [0.1, 0.15) is 34.5 Å². The van der Waals surface area contributed by atoms with E-state index in [-0.39, 0.29) is 25.3 Å². The van der Waals surface area contributed by atoms with Crippen LogP contribution in [0, 0.1) is 5.92 Å². The van der Waals surface area contributed by atoms with E-state index < -0.39 is 23.4 Å². The highest BCUT2D eigenvalue weighted by Gasteiger charge is 2.29. The summed E-state index contributed by atoms with van der Waals surface area (Å²) in [5.74, 6) is -2.18. The minimum absolute atomic E-state index is 0.0602. The summed E-state index contributed by atoms with van der Waals surface area (Å²) in [5, 5.41) is 9.16. The number of ether oxygens (including phenoxy) is 1. The average Bonchev–Trinajstić information content (AvgIpc) is 2.80. The maximum Gasteiger partial charge on any atom is 0.310 e. The van der Waals surface area contributed by atoms with Gasteiger partial charge in [0.25, 0.3) is 11.5 Å². The lowest BCUT2D eigenvalue weighted by atomic mass is 9.95. The Morgan fingerprint density at radius 3 is 2.87 bits per heavy atom. The van der Waals surface area contributed by atoms with Crippen molar-refractivity contribution in [3.05, 3.63) is 33.2 Å². The van der Waals surface area contributed by atoms with E-state index in [4.69, 9.17) is 9.84 Å². The number of H-pyrrole nitrogens is 1. The summed E-state index contributed by atoms with van der Waals surface area (Å²) < 4.78 is 5.24. The zero-order valence-corrected chi connectivity index (χ0v) is 12.8. The van der Waals surface area contributed by atoms with Crippen LogP contribution in [0.4, 0.5) is 0 Å². The molecule has 1 atom stereocenters. The zero-order chi connectivity index (χ0) is 16.4. The summed E-state index contributed by atoms with van der Waals surface area (Å²) in [6, 6.07) is 1.68. The predicted octanol–water partition coefficient (Wildman–Crippen LogP) is 0.427. The van der Waals surface area contributed by atoms with Gasteiger partial charge in [0.05, 0.1) is 19.1 Å². The molecule has 124 valence electrons. The second kappa shape index (κ2) is 6.54. The van der Waals surface area contributed by atoms with Crippen LogP contribution in [0.2, 0.25) is 0 Å². The van der Waals surface area contributed by atoms with E-state index in [0.29, 0.717) is 6.54 Å². The maximum atomic E-state index is 12.7. The Labute approximate surface area is 133 Å². The van der Waals surface area contributed by atoms with Crippen molar-refractivity contribution < 1.29 is 19.4 Å². The first-order chi connectivity index (χ1) is 11.1. The molecule has 0 aromatic carbocycles. The molecule has 1 aromatic rings. The molecule has 7 nitrogen and oxygen atoms in total. The molecule has 1 amide bonds. The number of aromatic nitrogens is 1. The third kappa shape index (κ3) is 3.29. The normalized spacial score (nSPS) is 21.4. The van der Waals surface area contributed by atoms with Gasteiger partial charge in [0.15, 0.2) is 0 Å². The molecule has 3 rings (SSSR count). The summed E-state index contributed by atoms with van der Waals surface area (Å²) >= 11 is 0. The van der Waals surface area contributed by atoms with Crippen molar-refractivity contribution in [3.63, 3.8) is 0 Å². The van der Waals surface area contributed by atoms with Gasteiger partial charge in [-0.2, -0.15) is 0 Å². The Kier molecular flexibility index (Phi) is 4.47. The molecule has 23 heavy (non-hydrogen) atoms. The highest BCUT2D eigenvalue weighted by atomic mass is 16.5. The number of fused-ring (bicyclic) bond motifs is 1. The van der Waals surface area contributed by atoms with E-state index in [1.807, 2.05) is 0 Å². The molecule has 2 N–H and O–H groups in total. The minimum atomic E-state index is -0.996. The van der Waals surface area contributed by atoms with Crippen molar-refractivity contribution in [2.75, 3.05) is 26.3 Å². The van der Waals surface area contributed by atoms with E-state index in [0.717, 1.165) is 36.9 Å². The van der Waals surface area contributed by atoms with Crippen LogP contribution >= 0.6 is 0 Å². The molecule has 0 saturated carbocycles. The number of aryl methyl sites for hydroxylation is 2. The molecule has 1 aliphatic carbocycles. The summed E-state index contributed by atoms with van der Waals surface area (Å²) in [6.45, 7) is 0.710. The van der Waals surface area contributed by atoms with Crippen molar-refractivity contribution in [1.29, 1.82) is 0 Å². The molecule has 1 aliphatic heterocycles. The van der Waals surface area contributed by atoms with Crippen LogP contribution < -0.4 is 5.56 Å². The largest absolute Gasteiger partial charge is 0.481 e. The van der Waals surface area contributed by atoms with Crippen molar-refractivity contribution in [1.82, 2.24) is 9.88 Å². The summed E-state index contributed by atoms with van der Waals surface area (Å²) in [7, 11) is 0. The second-order valence-corrected chi connectivity index (χ2v) is 6.08. The SMILES string of the molecule is O=C(O)C1COCCN(C(=O)c2cc3c([nH]c2=O)CCCC3)C1. The molecule has 2 heterocycles. The molecule has 1 saturated heterocycles. The van der Waals surface area contributed by atoms with Crippen molar-refractivity contribution in [2.45, 2.75) is 25.7 Å². The third-order valence-corrected chi connectivity index (χ3v) is 4.47. The van der Waals surface area contributed by atoms with Crippen LogP contribution in [0.3, 0.4) is 0 Å². The van der Waals surface area contributed by atoms with Gasteiger partial charge >= 0.3 is 5.97 Å². The Morgan fingerprint density at radius 2 is 2.09 bits per heavy atom. The quantitative estimate of drug-likeness (QED) is 0.823. The Morgan fingerprint density at radius 1 is 1.30 bits per heavy atom. The molecule has 0 spiro atoms. The number of nitrogens with zero attached hydrogens (tertiary/aromatic N) is 1. The zero-order valence-electron chi connectivity index (χ0n) is 12.8. The highest BCUT2D eigenvalue weighted by Crippen LogP contribution is 2.19. The topological polar surface area (TPSA) is 99.7 Å². The van der Waals surface area contributed by atoms with E-state index in [2.05, 4.69) is 4.98 Å². The maximum absolute atomic E-state index is 12.7. The number of carboxylic acid groups (broad SMARTS) is 1. The number of rotatable bonds is 2. The first kappa shape index (κ1) is 15.7. The molecule has 1 unspecified atom stereocenters. The second-order valence-electron chi connectivity index (χ2n) is 6.08. The van der Waals surface area contributed by atoms with Gasteiger partial charge < -0.3 is 19.7 Å². The van der Waals surface area contributed by atoms with Crippen LogP contribution in [-0.2, 0) is 22.4 Å². The first-order valence-electron chi connectivity index (χ1n) is 7.91. The molecule has 1 fully saturated rings.